The molecule has 14 heavy (non-hydrogen) atoms. The van der Waals surface area contributed by atoms with E-state index in [-0.39, 0.29) is 11.9 Å². The minimum Gasteiger partial charge on any atom is -0.395 e. The van der Waals surface area contributed by atoms with Crippen LogP contribution in [0.2, 0.25) is 0 Å². The van der Waals surface area contributed by atoms with Gasteiger partial charge in [0.1, 0.15) is 11.6 Å². The highest BCUT2D eigenvalue weighted by Gasteiger charge is 2.06. The first kappa shape index (κ1) is 11.5. The number of hydrogen-bond donors (Lipinski definition) is 1. The summed E-state index contributed by atoms with van der Waals surface area (Å²) in [7, 11) is 0. The average molecular weight is 218 g/mol. The van der Waals surface area contributed by atoms with E-state index in [0.717, 1.165) is 6.07 Å². The smallest absolute Gasteiger partial charge is 0.130 e. The van der Waals surface area contributed by atoms with Crippen LogP contribution in [0.15, 0.2) is 18.2 Å². The number of aliphatic hydroxyl groups is 1. The van der Waals surface area contributed by atoms with Crippen LogP contribution in [0, 0.1) is 11.6 Å². The van der Waals surface area contributed by atoms with Gasteiger partial charge in [-0.1, -0.05) is 13.0 Å². The third-order valence-corrected chi connectivity index (χ3v) is 2.99. The first-order valence-electron chi connectivity index (χ1n) is 4.30. The second-order valence-electron chi connectivity index (χ2n) is 3.04. The average Bonchev–Trinajstić information content (AvgIpc) is 2.16. The molecule has 78 valence electrons. The van der Waals surface area contributed by atoms with Crippen LogP contribution in [-0.4, -0.2) is 17.0 Å². The van der Waals surface area contributed by atoms with Gasteiger partial charge in [-0.05, 0) is 11.6 Å². The highest BCUT2D eigenvalue weighted by atomic mass is 32.2. The van der Waals surface area contributed by atoms with E-state index in [0.29, 0.717) is 11.3 Å². The van der Waals surface area contributed by atoms with Crippen molar-refractivity contribution in [3.05, 3.63) is 35.4 Å². The van der Waals surface area contributed by atoms with Crippen LogP contribution >= 0.6 is 11.8 Å². The van der Waals surface area contributed by atoms with E-state index < -0.39 is 11.6 Å². The quantitative estimate of drug-likeness (QED) is 0.838. The largest absolute Gasteiger partial charge is 0.395 e. The Labute approximate surface area is 86.1 Å². The fourth-order valence-corrected chi connectivity index (χ4v) is 1.73. The zero-order valence-corrected chi connectivity index (χ0v) is 8.65. The zero-order chi connectivity index (χ0) is 10.6. The van der Waals surface area contributed by atoms with Gasteiger partial charge in [-0.25, -0.2) is 8.78 Å². The molecule has 1 nitrogen and oxygen atoms in total. The molecule has 0 aliphatic carbocycles. The van der Waals surface area contributed by atoms with Crippen LogP contribution in [0.1, 0.15) is 12.5 Å². The molecular formula is C10H12F2OS. The summed E-state index contributed by atoms with van der Waals surface area (Å²) >= 11 is 1.44. The lowest BCUT2D eigenvalue weighted by molar-refractivity contribution is 0.300. The maximum atomic E-state index is 13.1. The first-order valence-corrected chi connectivity index (χ1v) is 5.34. The van der Waals surface area contributed by atoms with Crippen molar-refractivity contribution in [2.45, 2.75) is 17.9 Å². The molecule has 0 amide bonds. The summed E-state index contributed by atoms with van der Waals surface area (Å²) < 4.78 is 25.6. The molecule has 0 fully saturated rings. The van der Waals surface area contributed by atoms with E-state index >= 15 is 0 Å². The Balaban J connectivity index is 2.59. The second-order valence-corrected chi connectivity index (χ2v) is 4.47. The molecule has 1 unspecified atom stereocenters. The minimum absolute atomic E-state index is 0.0630. The monoisotopic (exact) mass is 218 g/mol. The van der Waals surface area contributed by atoms with Crippen molar-refractivity contribution in [3.63, 3.8) is 0 Å². The van der Waals surface area contributed by atoms with E-state index in [1.807, 2.05) is 6.92 Å². The molecule has 0 bridgehead atoms. The molecule has 1 rings (SSSR count). The molecule has 0 spiro atoms. The van der Waals surface area contributed by atoms with Crippen molar-refractivity contribution in [3.8, 4) is 0 Å². The number of benzene rings is 1. The van der Waals surface area contributed by atoms with Gasteiger partial charge in [0.05, 0.1) is 6.61 Å². The fraction of sp³-hybridized carbons (Fsp3) is 0.400. The van der Waals surface area contributed by atoms with Gasteiger partial charge in [-0.15, -0.1) is 0 Å². The van der Waals surface area contributed by atoms with Crippen LogP contribution in [0.25, 0.3) is 0 Å². The molecule has 0 saturated heterocycles. The summed E-state index contributed by atoms with van der Waals surface area (Å²) in [5.41, 5.74) is 0.469. The maximum Gasteiger partial charge on any atom is 0.130 e. The number of thioether (sulfide) groups is 1. The molecule has 4 heteroatoms. The highest BCUT2D eigenvalue weighted by molar-refractivity contribution is 7.99. The Bertz CT molecular complexity index is 304. The van der Waals surface area contributed by atoms with E-state index in [1.165, 1.54) is 23.9 Å². The van der Waals surface area contributed by atoms with E-state index in [9.17, 15) is 8.78 Å². The third kappa shape index (κ3) is 3.27. The lowest BCUT2D eigenvalue weighted by Gasteiger charge is -2.07. The minimum atomic E-state index is -0.563. The maximum absolute atomic E-state index is 13.1. The van der Waals surface area contributed by atoms with Gasteiger partial charge >= 0.3 is 0 Å². The summed E-state index contributed by atoms with van der Waals surface area (Å²) in [6.45, 7) is 1.92. The molecule has 0 heterocycles. The predicted octanol–water partition coefficient (Wildman–Crippen LogP) is 2.58. The molecule has 1 aromatic rings. The summed E-state index contributed by atoms with van der Waals surface area (Å²) in [5.74, 6) is -0.637. The molecule has 0 aliphatic heterocycles. The Hall–Kier alpha value is -0.610. The van der Waals surface area contributed by atoms with Crippen molar-refractivity contribution < 1.29 is 13.9 Å². The summed E-state index contributed by atoms with van der Waals surface area (Å²) in [6, 6.07) is 3.55. The van der Waals surface area contributed by atoms with Crippen molar-refractivity contribution in [2.24, 2.45) is 0 Å². The van der Waals surface area contributed by atoms with Crippen molar-refractivity contribution >= 4 is 11.8 Å². The zero-order valence-electron chi connectivity index (χ0n) is 7.84. The van der Waals surface area contributed by atoms with Gasteiger partial charge in [0.2, 0.25) is 0 Å². The Morgan fingerprint density at radius 1 is 1.43 bits per heavy atom. The molecule has 0 radical (unpaired) electrons. The molecule has 1 atom stereocenters. The van der Waals surface area contributed by atoms with Crippen molar-refractivity contribution in [2.75, 3.05) is 6.61 Å². The summed E-state index contributed by atoms with van der Waals surface area (Å²) in [6.07, 6.45) is 0. The predicted molar refractivity (Wildman–Crippen MR) is 54.2 cm³/mol. The number of rotatable bonds is 4. The van der Waals surface area contributed by atoms with E-state index in [2.05, 4.69) is 0 Å². The first-order chi connectivity index (χ1) is 6.63. The lowest BCUT2D eigenvalue weighted by Crippen LogP contribution is -2.03. The van der Waals surface area contributed by atoms with Crippen LogP contribution < -0.4 is 0 Å². The second kappa shape index (κ2) is 5.32. The van der Waals surface area contributed by atoms with Crippen molar-refractivity contribution in [1.29, 1.82) is 0 Å². The van der Waals surface area contributed by atoms with E-state index in [4.69, 9.17) is 5.11 Å². The van der Waals surface area contributed by atoms with Gasteiger partial charge in [-0.2, -0.15) is 11.8 Å². The normalized spacial score (nSPS) is 12.9. The van der Waals surface area contributed by atoms with Gasteiger partial charge in [0.15, 0.2) is 0 Å². The lowest BCUT2D eigenvalue weighted by atomic mass is 10.2. The van der Waals surface area contributed by atoms with E-state index in [1.54, 1.807) is 0 Å². The van der Waals surface area contributed by atoms with Gasteiger partial charge in [0, 0.05) is 17.1 Å². The summed E-state index contributed by atoms with van der Waals surface area (Å²) in [4.78, 5) is 0. The number of aliphatic hydroxyl groups excluding tert-OH is 1. The number of hydrogen-bond acceptors (Lipinski definition) is 2. The molecule has 0 aliphatic rings. The standard InChI is InChI=1S/C10H12F2OS/c1-7(5-13)14-6-8-2-3-9(11)4-10(8)12/h2-4,7,13H,5-6H2,1H3. The fourth-order valence-electron chi connectivity index (χ4n) is 0.923. The summed E-state index contributed by atoms with van der Waals surface area (Å²) in [5, 5.41) is 8.82. The molecule has 1 N–H and O–H groups in total. The van der Waals surface area contributed by atoms with Crippen molar-refractivity contribution in [1.82, 2.24) is 0 Å². The Morgan fingerprint density at radius 3 is 2.71 bits per heavy atom. The van der Waals surface area contributed by atoms with Gasteiger partial charge in [-0.3, -0.25) is 0 Å². The third-order valence-electron chi connectivity index (χ3n) is 1.80. The Kier molecular flexibility index (Phi) is 4.35. The number of halogens is 2. The Morgan fingerprint density at radius 2 is 2.14 bits per heavy atom. The molecule has 1 aromatic carbocycles. The van der Waals surface area contributed by atoms with Crippen LogP contribution in [0.4, 0.5) is 8.78 Å². The van der Waals surface area contributed by atoms with Crippen LogP contribution in [-0.2, 0) is 5.75 Å². The van der Waals surface area contributed by atoms with Gasteiger partial charge in [0.25, 0.3) is 0 Å². The van der Waals surface area contributed by atoms with Crippen LogP contribution in [0.5, 0.6) is 0 Å². The molecule has 0 saturated carbocycles. The molecular weight excluding hydrogens is 206 g/mol. The SMILES string of the molecule is CC(CO)SCc1ccc(F)cc1F. The molecule has 0 aromatic heterocycles. The van der Waals surface area contributed by atoms with Crippen LogP contribution in [0.3, 0.4) is 0 Å². The topological polar surface area (TPSA) is 20.2 Å². The van der Waals surface area contributed by atoms with Gasteiger partial charge < -0.3 is 5.11 Å². The highest BCUT2D eigenvalue weighted by Crippen LogP contribution is 2.19.